The van der Waals surface area contributed by atoms with Gasteiger partial charge in [0.2, 0.25) is 5.95 Å². The topological polar surface area (TPSA) is 155 Å². The molecule has 10 heteroatoms. The smallest absolute Gasteiger partial charge is 0.269 e. The SMILES string of the molecule is N#Cc1cccc(-c2nc(N)nc(NCc3ccc([N+](=O)[O-])cc3)c2C=N)c1F. The van der Waals surface area contributed by atoms with E-state index < -0.39 is 10.7 Å². The van der Waals surface area contributed by atoms with Crippen molar-refractivity contribution in [2.75, 3.05) is 11.1 Å². The summed E-state index contributed by atoms with van der Waals surface area (Å²) < 4.78 is 14.6. The van der Waals surface area contributed by atoms with E-state index in [1.165, 1.54) is 30.3 Å². The van der Waals surface area contributed by atoms with E-state index in [4.69, 9.17) is 16.4 Å². The van der Waals surface area contributed by atoms with Crippen LogP contribution in [0.4, 0.5) is 21.8 Å². The molecule has 0 aliphatic rings. The van der Waals surface area contributed by atoms with Crippen molar-refractivity contribution in [2.45, 2.75) is 6.54 Å². The number of nitro benzene ring substituents is 1. The molecular formula is C19H14FN7O2. The summed E-state index contributed by atoms with van der Waals surface area (Å²) in [5.41, 5.74) is 6.59. The predicted octanol–water partition coefficient (Wildman–Crippen LogP) is 3.25. The molecule has 29 heavy (non-hydrogen) atoms. The van der Waals surface area contributed by atoms with Gasteiger partial charge in [0.25, 0.3) is 5.69 Å². The minimum absolute atomic E-state index is 0.0232. The van der Waals surface area contributed by atoms with Crippen LogP contribution in [0, 0.1) is 32.7 Å². The molecule has 0 atom stereocenters. The lowest BCUT2D eigenvalue weighted by atomic mass is 10.0. The van der Waals surface area contributed by atoms with Gasteiger partial charge in [-0.3, -0.25) is 10.1 Å². The molecular weight excluding hydrogens is 377 g/mol. The number of nitrogen functional groups attached to an aromatic ring is 1. The molecule has 0 aliphatic heterocycles. The van der Waals surface area contributed by atoms with Gasteiger partial charge in [-0.15, -0.1) is 0 Å². The number of anilines is 2. The van der Waals surface area contributed by atoms with Crippen LogP contribution in [0.25, 0.3) is 11.3 Å². The largest absolute Gasteiger partial charge is 0.368 e. The summed E-state index contributed by atoms with van der Waals surface area (Å²) in [6, 6.07) is 11.9. The van der Waals surface area contributed by atoms with Crippen molar-refractivity contribution in [3.05, 3.63) is 75.1 Å². The van der Waals surface area contributed by atoms with E-state index in [0.29, 0.717) is 0 Å². The van der Waals surface area contributed by atoms with Gasteiger partial charge in [-0.05, 0) is 17.7 Å². The van der Waals surface area contributed by atoms with Crippen LogP contribution in [-0.4, -0.2) is 21.1 Å². The summed E-state index contributed by atoms with van der Waals surface area (Å²) in [4.78, 5) is 18.4. The first-order valence-electron chi connectivity index (χ1n) is 8.28. The number of non-ortho nitro benzene ring substituents is 1. The molecule has 0 amide bonds. The fraction of sp³-hybridized carbons (Fsp3) is 0.0526. The molecule has 2 aromatic carbocycles. The van der Waals surface area contributed by atoms with Crippen molar-refractivity contribution in [3.8, 4) is 17.3 Å². The Morgan fingerprint density at radius 3 is 2.62 bits per heavy atom. The maximum atomic E-state index is 14.6. The van der Waals surface area contributed by atoms with Crippen LogP contribution >= 0.6 is 0 Å². The number of halogens is 1. The van der Waals surface area contributed by atoms with E-state index in [-0.39, 0.29) is 46.4 Å². The molecule has 9 nitrogen and oxygen atoms in total. The van der Waals surface area contributed by atoms with Gasteiger partial charge in [0, 0.05) is 30.5 Å². The van der Waals surface area contributed by atoms with Gasteiger partial charge in [-0.25, -0.2) is 9.37 Å². The second kappa shape index (κ2) is 8.10. The number of nitro groups is 1. The number of rotatable bonds is 6. The molecule has 3 rings (SSSR count). The molecule has 0 aliphatic carbocycles. The highest BCUT2D eigenvalue weighted by Gasteiger charge is 2.18. The van der Waals surface area contributed by atoms with Crippen molar-refractivity contribution in [2.24, 2.45) is 0 Å². The summed E-state index contributed by atoms with van der Waals surface area (Å²) in [6.07, 6.45) is 0.964. The molecule has 0 spiro atoms. The Labute approximate surface area is 164 Å². The molecule has 1 aromatic heterocycles. The number of nitrogens with one attached hydrogen (secondary N) is 2. The minimum Gasteiger partial charge on any atom is -0.368 e. The van der Waals surface area contributed by atoms with Crippen LogP contribution in [0.1, 0.15) is 16.7 Å². The summed E-state index contributed by atoms with van der Waals surface area (Å²) in [5.74, 6) is -0.710. The minimum atomic E-state index is -0.766. The van der Waals surface area contributed by atoms with E-state index in [0.717, 1.165) is 11.8 Å². The number of nitrogens with zero attached hydrogens (tertiary/aromatic N) is 4. The zero-order chi connectivity index (χ0) is 21.0. The Kier molecular flexibility index (Phi) is 5.41. The molecule has 0 radical (unpaired) electrons. The Bertz CT molecular complexity index is 1140. The number of benzene rings is 2. The lowest BCUT2D eigenvalue weighted by molar-refractivity contribution is -0.384. The molecule has 0 saturated carbocycles. The van der Waals surface area contributed by atoms with Crippen LogP contribution < -0.4 is 11.1 Å². The maximum Gasteiger partial charge on any atom is 0.269 e. The molecule has 0 bridgehead atoms. The average Bonchev–Trinajstić information content (AvgIpc) is 2.72. The zero-order valence-corrected chi connectivity index (χ0v) is 14.9. The fourth-order valence-electron chi connectivity index (χ4n) is 2.69. The zero-order valence-electron chi connectivity index (χ0n) is 14.9. The maximum absolute atomic E-state index is 14.6. The van der Waals surface area contributed by atoms with Gasteiger partial charge >= 0.3 is 0 Å². The highest BCUT2D eigenvalue weighted by molar-refractivity contribution is 5.93. The van der Waals surface area contributed by atoms with Gasteiger partial charge in [-0.2, -0.15) is 10.2 Å². The van der Waals surface area contributed by atoms with E-state index >= 15 is 0 Å². The van der Waals surface area contributed by atoms with Gasteiger partial charge in [0.1, 0.15) is 17.7 Å². The third kappa shape index (κ3) is 3.98. The van der Waals surface area contributed by atoms with Crippen LogP contribution in [0.5, 0.6) is 0 Å². The van der Waals surface area contributed by atoms with E-state index in [1.807, 2.05) is 0 Å². The Morgan fingerprint density at radius 1 is 1.28 bits per heavy atom. The van der Waals surface area contributed by atoms with Crippen molar-refractivity contribution < 1.29 is 9.31 Å². The molecule has 1 heterocycles. The third-order valence-corrected chi connectivity index (χ3v) is 4.09. The Balaban J connectivity index is 1.97. The highest BCUT2D eigenvalue weighted by Crippen LogP contribution is 2.29. The van der Waals surface area contributed by atoms with Crippen molar-refractivity contribution in [1.82, 2.24) is 9.97 Å². The monoisotopic (exact) mass is 391 g/mol. The molecule has 0 fully saturated rings. The summed E-state index contributed by atoms with van der Waals surface area (Å²) in [6.45, 7) is 0.232. The standard InChI is InChI=1S/C19H14FN7O2/c20-16-12(8-21)2-1-3-14(16)17-15(9-22)18(26-19(23)25-17)24-10-11-4-6-13(7-5-11)27(28)29/h1-7,9,22H,10H2,(H3,23,24,25,26). The first-order chi connectivity index (χ1) is 13.9. The summed E-state index contributed by atoms with van der Waals surface area (Å²) in [5, 5.41) is 30.5. The molecule has 0 unspecified atom stereocenters. The quantitative estimate of drug-likeness (QED) is 0.331. The van der Waals surface area contributed by atoms with Gasteiger partial charge < -0.3 is 16.5 Å². The van der Waals surface area contributed by atoms with E-state index in [2.05, 4.69) is 15.3 Å². The van der Waals surface area contributed by atoms with E-state index in [9.17, 15) is 14.5 Å². The molecule has 4 N–H and O–H groups in total. The van der Waals surface area contributed by atoms with Gasteiger partial charge in [-0.1, -0.05) is 18.2 Å². The van der Waals surface area contributed by atoms with Crippen LogP contribution in [0.15, 0.2) is 42.5 Å². The first kappa shape index (κ1) is 19.4. The van der Waals surface area contributed by atoms with Crippen LogP contribution in [-0.2, 0) is 6.54 Å². The Morgan fingerprint density at radius 2 is 2.00 bits per heavy atom. The number of hydrogen-bond donors (Lipinski definition) is 3. The van der Waals surface area contributed by atoms with Crippen molar-refractivity contribution >= 4 is 23.7 Å². The number of nitrogens with two attached hydrogens (primary N) is 1. The predicted molar refractivity (Wildman–Crippen MR) is 105 cm³/mol. The van der Waals surface area contributed by atoms with Gasteiger partial charge in [0.05, 0.1) is 21.7 Å². The highest BCUT2D eigenvalue weighted by atomic mass is 19.1. The summed E-state index contributed by atoms with van der Waals surface area (Å²) >= 11 is 0. The molecule has 3 aromatic rings. The number of hydrogen-bond acceptors (Lipinski definition) is 8. The normalized spacial score (nSPS) is 10.2. The summed E-state index contributed by atoms with van der Waals surface area (Å²) in [7, 11) is 0. The third-order valence-electron chi connectivity index (χ3n) is 4.09. The second-order valence-electron chi connectivity index (χ2n) is 5.89. The van der Waals surface area contributed by atoms with Crippen LogP contribution in [0.2, 0.25) is 0 Å². The van der Waals surface area contributed by atoms with Crippen molar-refractivity contribution in [1.29, 1.82) is 10.7 Å². The van der Waals surface area contributed by atoms with Crippen LogP contribution in [0.3, 0.4) is 0 Å². The lowest BCUT2D eigenvalue weighted by Crippen LogP contribution is -2.10. The average molecular weight is 391 g/mol. The number of aromatic nitrogens is 2. The first-order valence-corrected chi connectivity index (χ1v) is 8.28. The molecule has 144 valence electrons. The molecule has 0 saturated heterocycles. The Hall–Kier alpha value is -4.39. The van der Waals surface area contributed by atoms with Crippen molar-refractivity contribution in [3.63, 3.8) is 0 Å². The fourth-order valence-corrected chi connectivity index (χ4v) is 2.69. The number of nitriles is 1. The lowest BCUT2D eigenvalue weighted by Gasteiger charge is -2.13. The van der Waals surface area contributed by atoms with E-state index in [1.54, 1.807) is 18.2 Å². The van der Waals surface area contributed by atoms with Gasteiger partial charge in [0.15, 0.2) is 0 Å². The second-order valence-corrected chi connectivity index (χ2v) is 5.89.